The second kappa shape index (κ2) is 9.04. The molecule has 1 fully saturated rings. The lowest BCUT2D eigenvalue weighted by Gasteiger charge is -2.31. The van der Waals surface area contributed by atoms with Gasteiger partial charge in [-0.05, 0) is 17.5 Å². The van der Waals surface area contributed by atoms with Crippen molar-refractivity contribution < 1.29 is 22.8 Å². The number of amides is 1. The zero-order chi connectivity index (χ0) is 20.1. The Kier molecular flexibility index (Phi) is 6.71. The number of hydrogen-bond donors (Lipinski definition) is 1. The van der Waals surface area contributed by atoms with E-state index in [4.69, 9.17) is 4.74 Å². The van der Waals surface area contributed by atoms with Crippen LogP contribution in [-0.4, -0.2) is 70.4 Å². The third-order valence-corrected chi connectivity index (χ3v) is 8.22. The van der Waals surface area contributed by atoms with Gasteiger partial charge in [0.05, 0.1) is 33.3 Å². The molecule has 0 aliphatic carbocycles. The van der Waals surface area contributed by atoms with Crippen molar-refractivity contribution in [3.8, 4) is 5.75 Å². The number of nitrogens with zero attached hydrogens (tertiary/aromatic N) is 2. The minimum atomic E-state index is -3.41. The van der Waals surface area contributed by atoms with Crippen molar-refractivity contribution in [3.63, 3.8) is 0 Å². The van der Waals surface area contributed by atoms with Gasteiger partial charge in [0.25, 0.3) is 15.9 Å². The standard InChI is InChI=1S/C19H25N3O4S2/c1-20(14-16-6-3-4-7-17(16)26-2)18(23)15-21-9-11-22(12-10-21)28(24,25)19-8-5-13-27-19/h3-8,13H,9-12,14-15H2,1-2H3/p+1. The molecule has 1 saturated heterocycles. The average Bonchev–Trinajstić information content (AvgIpc) is 3.24. The molecule has 1 N–H and O–H groups in total. The number of carbonyl (C=O) groups excluding carboxylic acids is 1. The summed E-state index contributed by atoms with van der Waals surface area (Å²) in [7, 11) is -0.00302. The Morgan fingerprint density at radius 2 is 1.93 bits per heavy atom. The Hall–Kier alpha value is -1.94. The number of quaternary nitrogens is 1. The Bertz CT molecular complexity index is 892. The van der Waals surface area contributed by atoms with Crippen molar-refractivity contribution in [2.45, 2.75) is 10.8 Å². The molecule has 9 heteroatoms. The number of carbonyl (C=O) groups is 1. The fourth-order valence-electron chi connectivity index (χ4n) is 3.28. The maximum absolute atomic E-state index is 12.6. The molecule has 1 aliphatic rings. The van der Waals surface area contributed by atoms with Gasteiger partial charge in [0.1, 0.15) is 9.96 Å². The number of piperazine rings is 1. The monoisotopic (exact) mass is 424 g/mol. The van der Waals surface area contributed by atoms with Crippen LogP contribution in [0.5, 0.6) is 5.75 Å². The topological polar surface area (TPSA) is 71.4 Å². The third kappa shape index (κ3) is 4.72. The van der Waals surface area contributed by atoms with Crippen LogP contribution < -0.4 is 9.64 Å². The van der Waals surface area contributed by atoms with Gasteiger partial charge in [0.15, 0.2) is 6.54 Å². The van der Waals surface area contributed by atoms with E-state index in [0.29, 0.717) is 43.5 Å². The van der Waals surface area contributed by atoms with Gasteiger partial charge in [0, 0.05) is 19.2 Å². The number of rotatable bonds is 7. The van der Waals surface area contributed by atoms with E-state index < -0.39 is 10.0 Å². The van der Waals surface area contributed by atoms with Gasteiger partial charge < -0.3 is 14.5 Å². The quantitative estimate of drug-likeness (QED) is 0.694. The molecule has 0 spiro atoms. The van der Waals surface area contributed by atoms with Gasteiger partial charge in [-0.3, -0.25) is 4.79 Å². The van der Waals surface area contributed by atoms with Gasteiger partial charge in [-0.2, -0.15) is 4.31 Å². The number of para-hydroxylation sites is 1. The number of ether oxygens (including phenoxy) is 1. The van der Waals surface area contributed by atoms with Crippen molar-refractivity contribution in [1.29, 1.82) is 0 Å². The summed E-state index contributed by atoms with van der Waals surface area (Å²) in [5.41, 5.74) is 0.961. The molecule has 0 saturated carbocycles. The van der Waals surface area contributed by atoms with E-state index in [-0.39, 0.29) is 5.91 Å². The first-order chi connectivity index (χ1) is 13.4. The molecule has 1 amide bonds. The number of nitrogens with one attached hydrogen (secondary N) is 1. The number of methoxy groups -OCH3 is 1. The fraction of sp³-hybridized carbons (Fsp3) is 0.421. The Balaban J connectivity index is 1.52. The van der Waals surface area contributed by atoms with Gasteiger partial charge in [-0.25, -0.2) is 8.42 Å². The zero-order valence-corrected chi connectivity index (χ0v) is 17.8. The van der Waals surface area contributed by atoms with Crippen molar-refractivity contribution in [3.05, 3.63) is 47.3 Å². The first-order valence-corrected chi connectivity index (χ1v) is 11.5. The van der Waals surface area contributed by atoms with Crippen LogP contribution in [0.4, 0.5) is 0 Å². The summed E-state index contributed by atoms with van der Waals surface area (Å²) in [6.07, 6.45) is 0. The van der Waals surface area contributed by atoms with Crippen molar-refractivity contribution in [2.75, 3.05) is 46.9 Å². The predicted octanol–water partition coefficient (Wildman–Crippen LogP) is 0.305. The molecule has 1 aliphatic heterocycles. The van der Waals surface area contributed by atoms with Crippen LogP contribution >= 0.6 is 11.3 Å². The molecule has 2 aromatic rings. The lowest BCUT2D eigenvalue weighted by Crippen LogP contribution is -3.15. The van der Waals surface area contributed by atoms with Crippen LogP contribution in [0.15, 0.2) is 46.0 Å². The highest BCUT2D eigenvalue weighted by Gasteiger charge is 2.32. The molecule has 1 aromatic carbocycles. The van der Waals surface area contributed by atoms with E-state index in [0.717, 1.165) is 16.2 Å². The maximum Gasteiger partial charge on any atom is 0.277 e. The number of benzene rings is 1. The smallest absolute Gasteiger partial charge is 0.277 e. The van der Waals surface area contributed by atoms with Crippen LogP contribution in [0, 0.1) is 0 Å². The molecule has 7 nitrogen and oxygen atoms in total. The van der Waals surface area contributed by atoms with Crippen molar-refractivity contribution in [1.82, 2.24) is 9.21 Å². The fourth-order valence-corrected chi connectivity index (χ4v) is 5.87. The minimum absolute atomic E-state index is 0.0375. The summed E-state index contributed by atoms with van der Waals surface area (Å²) in [6.45, 7) is 2.95. The SMILES string of the molecule is COc1ccccc1CN(C)C(=O)C[NH+]1CCN(S(=O)(=O)c2cccs2)CC1. The molecule has 1 aromatic heterocycles. The minimum Gasteiger partial charge on any atom is -0.496 e. The number of sulfonamides is 1. The Labute approximate surface area is 170 Å². The van der Waals surface area contributed by atoms with E-state index in [9.17, 15) is 13.2 Å². The van der Waals surface area contributed by atoms with E-state index in [1.807, 2.05) is 24.3 Å². The molecule has 28 heavy (non-hydrogen) atoms. The Morgan fingerprint density at radius 1 is 1.21 bits per heavy atom. The van der Waals surface area contributed by atoms with E-state index in [1.165, 1.54) is 15.6 Å². The highest BCUT2D eigenvalue weighted by molar-refractivity contribution is 7.91. The second-order valence-electron chi connectivity index (χ2n) is 6.82. The molecule has 2 heterocycles. The molecule has 0 bridgehead atoms. The van der Waals surface area contributed by atoms with Gasteiger partial charge in [-0.15, -0.1) is 11.3 Å². The number of likely N-dealkylation sites (N-methyl/N-ethyl adjacent to an activating group) is 1. The molecule has 3 rings (SSSR count). The zero-order valence-electron chi connectivity index (χ0n) is 16.1. The van der Waals surface area contributed by atoms with E-state index in [2.05, 4.69) is 0 Å². The molecular formula is C19H26N3O4S2+. The summed E-state index contributed by atoms with van der Waals surface area (Å²) in [4.78, 5) is 15.4. The van der Waals surface area contributed by atoms with E-state index in [1.54, 1.807) is 36.6 Å². The van der Waals surface area contributed by atoms with Crippen LogP contribution in [0.25, 0.3) is 0 Å². The lowest BCUT2D eigenvalue weighted by molar-refractivity contribution is -0.896. The first-order valence-electron chi connectivity index (χ1n) is 9.15. The molecule has 0 unspecified atom stereocenters. The third-order valence-electron chi connectivity index (χ3n) is 4.95. The second-order valence-corrected chi connectivity index (χ2v) is 9.94. The van der Waals surface area contributed by atoms with Crippen molar-refractivity contribution >= 4 is 27.3 Å². The molecule has 0 atom stereocenters. The number of hydrogen-bond acceptors (Lipinski definition) is 5. The van der Waals surface area contributed by atoms with Crippen molar-refractivity contribution in [2.24, 2.45) is 0 Å². The first kappa shape index (κ1) is 20.8. The van der Waals surface area contributed by atoms with Crippen LogP contribution in [0.1, 0.15) is 5.56 Å². The molecule has 0 radical (unpaired) electrons. The lowest BCUT2D eigenvalue weighted by atomic mass is 10.2. The highest BCUT2D eigenvalue weighted by Crippen LogP contribution is 2.21. The van der Waals surface area contributed by atoms with Crippen LogP contribution in [0.2, 0.25) is 0 Å². The summed E-state index contributed by atoms with van der Waals surface area (Å²) in [5, 5.41) is 1.77. The van der Waals surface area contributed by atoms with Gasteiger partial charge in [-0.1, -0.05) is 24.3 Å². The normalized spacial score (nSPS) is 16.1. The van der Waals surface area contributed by atoms with Crippen LogP contribution in [-0.2, 0) is 21.4 Å². The summed E-state index contributed by atoms with van der Waals surface area (Å²) >= 11 is 1.24. The summed E-state index contributed by atoms with van der Waals surface area (Å²) < 4.78 is 32.4. The van der Waals surface area contributed by atoms with Gasteiger partial charge >= 0.3 is 0 Å². The largest absolute Gasteiger partial charge is 0.496 e. The number of thiophene rings is 1. The van der Waals surface area contributed by atoms with E-state index >= 15 is 0 Å². The van der Waals surface area contributed by atoms with Gasteiger partial charge in [0.2, 0.25) is 0 Å². The van der Waals surface area contributed by atoms with Crippen LogP contribution in [0.3, 0.4) is 0 Å². The Morgan fingerprint density at radius 3 is 2.57 bits per heavy atom. The average molecular weight is 425 g/mol. The molecule has 152 valence electrons. The highest BCUT2D eigenvalue weighted by atomic mass is 32.2. The maximum atomic E-state index is 12.6. The summed E-state index contributed by atoms with van der Waals surface area (Å²) in [6, 6.07) is 11.0. The summed E-state index contributed by atoms with van der Waals surface area (Å²) in [5.74, 6) is 0.803. The molecular weight excluding hydrogens is 398 g/mol. The predicted molar refractivity (Wildman–Crippen MR) is 108 cm³/mol.